The Labute approximate surface area is 70.3 Å². The molecule has 1 rings (SSSR count). The first-order valence-electron chi connectivity index (χ1n) is 3.99. The summed E-state index contributed by atoms with van der Waals surface area (Å²) in [6.45, 7) is 4.65. The Balaban J connectivity index is 2.77. The maximum absolute atomic E-state index is 2.39. The van der Waals surface area contributed by atoms with Crippen LogP contribution in [0.2, 0.25) is 13.1 Å². The van der Waals surface area contributed by atoms with Crippen molar-refractivity contribution in [3.05, 3.63) is 30.3 Å². The largest absolute Gasteiger partial charge is 0.403 e. The third-order valence-corrected chi connectivity index (χ3v) is 3.79. The first-order chi connectivity index (χ1) is 5.22. The molecule has 0 heterocycles. The van der Waals surface area contributed by atoms with Crippen LogP contribution in [0, 0.1) is 0 Å². The monoisotopic (exact) mass is 165 g/mol. The molecule has 0 saturated heterocycles. The van der Waals surface area contributed by atoms with E-state index in [1.54, 1.807) is 0 Å². The van der Waals surface area contributed by atoms with Crippen LogP contribution in [0.15, 0.2) is 30.3 Å². The molecule has 0 spiro atoms. The fourth-order valence-electron chi connectivity index (χ4n) is 0.961. The van der Waals surface area contributed by atoms with Crippen LogP contribution in [0.1, 0.15) is 0 Å². The second kappa shape index (κ2) is 3.58. The van der Waals surface area contributed by atoms with Gasteiger partial charge in [-0.2, -0.15) is 0 Å². The van der Waals surface area contributed by atoms with Crippen molar-refractivity contribution in [3.8, 4) is 0 Å². The molecule has 1 aromatic rings. The number of rotatable bonds is 2. The van der Waals surface area contributed by atoms with Crippen molar-refractivity contribution >= 4 is 14.6 Å². The average molecular weight is 165 g/mol. The lowest BCUT2D eigenvalue weighted by Crippen LogP contribution is -2.29. The normalized spacial score (nSPS) is 10.2. The van der Waals surface area contributed by atoms with Crippen molar-refractivity contribution in [1.29, 1.82) is 0 Å². The molecule has 0 amide bonds. The van der Waals surface area contributed by atoms with Crippen molar-refractivity contribution in [2.75, 3.05) is 11.6 Å². The summed E-state index contributed by atoms with van der Waals surface area (Å²) in [7, 11) is 1.51. The Bertz CT molecular complexity index is 208. The lowest BCUT2D eigenvalue weighted by Gasteiger charge is -2.22. The smallest absolute Gasteiger partial charge is 0.134 e. The van der Waals surface area contributed by atoms with Gasteiger partial charge in [-0.3, -0.25) is 0 Å². The minimum absolute atomic E-state index is 0.658. The lowest BCUT2D eigenvalue weighted by atomic mass is 10.3. The summed E-state index contributed by atoms with van der Waals surface area (Å²) in [6, 6.07) is 10.5. The Kier molecular flexibility index (Phi) is 2.71. The van der Waals surface area contributed by atoms with Crippen molar-refractivity contribution in [3.63, 3.8) is 0 Å². The lowest BCUT2D eigenvalue weighted by molar-refractivity contribution is 1.29. The molecule has 0 aliphatic carbocycles. The Hall–Kier alpha value is -0.763. The fourth-order valence-corrected chi connectivity index (χ4v) is 1.73. The highest BCUT2D eigenvalue weighted by molar-refractivity contribution is 6.60. The van der Waals surface area contributed by atoms with Crippen LogP contribution < -0.4 is 4.57 Å². The van der Waals surface area contributed by atoms with E-state index in [0.717, 1.165) is 0 Å². The van der Waals surface area contributed by atoms with Crippen LogP contribution >= 0.6 is 0 Å². The molecule has 0 aliphatic heterocycles. The highest BCUT2D eigenvalue weighted by Crippen LogP contribution is 2.11. The maximum Gasteiger partial charge on any atom is 0.134 e. The molecule has 0 atom stereocenters. The molecule has 0 bridgehead atoms. The van der Waals surface area contributed by atoms with Gasteiger partial charge in [0.15, 0.2) is 0 Å². The second-order valence-corrected chi connectivity index (χ2v) is 6.00. The Morgan fingerprint density at radius 3 is 2.09 bits per heavy atom. The van der Waals surface area contributed by atoms with Gasteiger partial charge in [-0.25, -0.2) is 0 Å². The summed E-state index contributed by atoms with van der Waals surface area (Å²) in [4.78, 5) is 0. The van der Waals surface area contributed by atoms with E-state index in [0.29, 0.717) is 0 Å². The predicted octanol–water partition coefficient (Wildman–Crippen LogP) is 2.11. The molecule has 0 aliphatic rings. The third-order valence-electron chi connectivity index (χ3n) is 1.94. The van der Waals surface area contributed by atoms with Crippen LogP contribution in [0.5, 0.6) is 0 Å². The summed E-state index contributed by atoms with van der Waals surface area (Å²) in [5.74, 6) is 0. The van der Waals surface area contributed by atoms with Crippen molar-refractivity contribution in [2.24, 2.45) is 0 Å². The maximum atomic E-state index is 2.39. The van der Waals surface area contributed by atoms with Gasteiger partial charge in [0, 0.05) is 5.69 Å². The Morgan fingerprint density at radius 2 is 1.64 bits per heavy atom. The molecule has 0 unspecified atom stereocenters. The van der Waals surface area contributed by atoms with Gasteiger partial charge in [0.05, 0.1) is 0 Å². The van der Waals surface area contributed by atoms with Gasteiger partial charge >= 0.3 is 0 Å². The van der Waals surface area contributed by atoms with Gasteiger partial charge in [-0.1, -0.05) is 31.3 Å². The van der Waals surface area contributed by atoms with Crippen LogP contribution in [-0.2, 0) is 0 Å². The third kappa shape index (κ3) is 2.08. The van der Waals surface area contributed by atoms with E-state index in [2.05, 4.69) is 55.0 Å². The molecule has 1 nitrogen and oxygen atoms in total. The molecular formula is C9H15NSi. The van der Waals surface area contributed by atoms with Gasteiger partial charge < -0.3 is 4.57 Å². The minimum Gasteiger partial charge on any atom is -0.403 e. The second-order valence-electron chi connectivity index (χ2n) is 3.04. The van der Waals surface area contributed by atoms with E-state index in [4.69, 9.17) is 0 Å². The summed E-state index contributed by atoms with van der Waals surface area (Å²) in [5.41, 5.74) is 1.34. The van der Waals surface area contributed by atoms with Crippen LogP contribution in [0.4, 0.5) is 5.69 Å². The molecule has 0 fully saturated rings. The topological polar surface area (TPSA) is 3.24 Å². The Morgan fingerprint density at radius 1 is 1.09 bits per heavy atom. The number of benzene rings is 1. The molecule has 0 saturated carbocycles. The minimum atomic E-state index is -0.658. The number of anilines is 1. The van der Waals surface area contributed by atoms with Crippen molar-refractivity contribution in [2.45, 2.75) is 13.1 Å². The number of nitrogens with zero attached hydrogens (tertiary/aromatic N) is 1. The van der Waals surface area contributed by atoms with Gasteiger partial charge in [0.2, 0.25) is 0 Å². The standard InChI is InChI=1S/C9H15NSi/c1-10(11(2)3)9-7-5-4-6-8-9/h4-8,11H,1-3H3. The van der Waals surface area contributed by atoms with Crippen molar-refractivity contribution in [1.82, 2.24) is 0 Å². The van der Waals surface area contributed by atoms with E-state index >= 15 is 0 Å². The highest BCUT2D eigenvalue weighted by Gasteiger charge is 2.03. The van der Waals surface area contributed by atoms with E-state index in [1.165, 1.54) is 5.69 Å². The number of hydrogen-bond acceptors (Lipinski definition) is 1. The van der Waals surface area contributed by atoms with Crippen molar-refractivity contribution < 1.29 is 0 Å². The van der Waals surface area contributed by atoms with E-state index in [1.807, 2.05) is 0 Å². The number of hydrogen-bond donors (Lipinski definition) is 0. The van der Waals surface area contributed by atoms with Gasteiger partial charge in [-0.15, -0.1) is 0 Å². The summed E-state index contributed by atoms with van der Waals surface area (Å²) >= 11 is 0. The first-order valence-corrected chi connectivity index (χ1v) is 6.82. The number of para-hydroxylation sites is 1. The molecule has 0 N–H and O–H groups in total. The van der Waals surface area contributed by atoms with Gasteiger partial charge in [0.25, 0.3) is 0 Å². The summed E-state index contributed by atoms with van der Waals surface area (Å²) < 4.78 is 2.39. The fraction of sp³-hybridized carbons (Fsp3) is 0.333. The molecule has 11 heavy (non-hydrogen) atoms. The zero-order valence-corrected chi connectivity index (χ0v) is 8.57. The van der Waals surface area contributed by atoms with E-state index < -0.39 is 8.96 Å². The zero-order valence-electron chi connectivity index (χ0n) is 7.41. The first kappa shape index (κ1) is 8.33. The van der Waals surface area contributed by atoms with Gasteiger partial charge in [-0.05, 0) is 19.2 Å². The summed E-state index contributed by atoms with van der Waals surface area (Å²) in [5, 5.41) is 0. The summed E-state index contributed by atoms with van der Waals surface area (Å²) in [6.07, 6.45) is 0. The van der Waals surface area contributed by atoms with E-state index in [-0.39, 0.29) is 0 Å². The molecular weight excluding hydrogens is 150 g/mol. The highest BCUT2D eigenvalue weighted by atomic mass is 28.3. The molecule has 0 radical (unpaired) electrons. The zero-order chi connectivity index (χ0) is 8.27. The molecule has 2 heteroatoms. The molecule has 1 aromatic carbocycles. The van der Waals surface area contributed by atoms with Gasteiger partial charge in [0.1, 0.15) is 8.96 Å². The molecule has 0 aromatic heterocycles. The van der Waals surface area contributed by atoms with E-state index in [9.17, 15) is 0 Å². The van der Waals surface area contributed by atoms with Crippen LogP contribution in [-0.4, -0.2) is 16.0 Å². The van der Waals surface area contributed by atoms with Crippen LogP contribution in [0.25, 0.3) is 0 Å². The average Bonchev–Trinajstić information content (AvgIpc) is 2.05. The predicted molar refractivity (Wildman–Crippen MR) is 53.7 cm³/mol. The molecule has 60 valence electrons. The van der Waals surface area contributed by atoms with Crippen LogP contribution in [0.3, 0.4) is 0 Å². The SMILES string of the molecule is CN(c1ccccc1)[SiH](C)C. The quantitative estimate of drug-likeness (QED) is 0.607.